The number of hydrogen-bond donors (Lipinski definition) is 3. The van der Waals surface area contributed by atoms with Crippen LogP contribution in [0.2, 0.25) is 0 Å². The fourth-order valence-corrected chi connectivity index (χ4v) is 2.22. The average molecular weight is 245 g/mol. The van der Waals surface area contributed by atoms with E-state index in [1.165, 1.54) is 17.0 Å². The molecule has 0 spiro atoms. The first-order valence-corrected chi connectivity index (χ1v) is 5.92. The van der Waals surface area contributed by atoms with Crippen LogP contribution in [-0.2, 0) is 16.4 Å². The number of aromatic carboxylic acids is 1. The molecule has 1 aromatic carbocycles. The number of carboxylic acid groups (broad SMARTS) is 1. The van der Waals surface area contributed by atoms with Gasteiger partial charge in [-0.15, -0.1) is 0 Å². The molecule has 1 aromatic rings. The number of aryl methyl sites for hydroxylation is 1. The molecule has 1 rings (SSSR count). The number of benzene rings is 1. The molecule has 88 valence electrons. The lowest BCUT2D eigenvalue weighted by atomic mass is 10.1. The molecule has 0 radical (unpaired) electrons. The molecule has 0 unspecified atom stereocenters. The van der Waals surface area contributed by atoms with Crippen LogP contribution in [0.4, 0.5) is 0 Å². The minimum absolute atomic E-state index is 0.147. The van der Waals surface area contributed by atoms with E-state index in [0.717, 1.165) is 6.07 Å². The van der Waals surface area contributed by atoms with Crippen molar-refractivity contribution >= 4 is 16.0 Å². The maximum absolute atomic E-state index is 11.4. The second-order valence-corrected chi connectivity index (χ2v) is 4.71. The average Bonchev–Trinajstić information content (AvgIpc) is 2.28. The summed E-state index contributed by atoms with van der Waals surface area (Å²) in [5, 5.41) is 17.2. The van der Waals surface area contributed by atoms with Crippen LogP contribution < -0.4 is 4.89 Å². The van der Waals surface area contributed by atoms with Crippen LogP contribution in [0.5, 0.6) is 0 Å². The summed E-state index contributed by atoms with van der Waals surface area (Å²) in [4.78, 5) is 11.6. The largest absolute Gasteiger partial charge is 0.478 e. The number of carboxylic acids is 1. The Labute approximate surface area is 92.5 Å². The highest BCUT2D eigenvalue weighted by Gasteiger charge is 2.18. The van der Waals surface area contributed by atoms with E-state index in [2.05, 4.69) is 0 Å². The number of rotatable bonds is 4. The minimum atomic E-state index is -4.05. The highest BCUT2D eigenvalue weighted by Crippen LogP contribution is 2.18. The Bertz CT molecular complexity index is 509. The van der Waals surface area contributed by atoms with E-state index < -0.39 is 16.0 Å². The molecule has 0 fully saturated rings. The molecule has 0 saturated carbocycles. The van der Waals surface area contributed by atoms with Gasteiger partial charge in [0.1, 0.15) is 0 Å². The number of hydrogen-bond acceptors (Lipinski definition) is 4. The first kappa shape index (κ1) is 12.6. The van der Waals surface area contributed by atoms with Crippen molar-refractivity contribution in [3.8, 4) is 0 Å². The summed E-state index contributed by atoms with van der Waals surface area (Å²) in [6.45, 7) is 1.73. The Balaban J connectivity index is 3.45. The minimum Gasteiger partial charge on any atom is -0.478 e. The second-order valence-electron chi connectivity index (χ2n) is 3.08. The Kier molecular flexibility index (Phi) is 3.63. The molecule has 16 heavy (non-hydrogen) atoms. The summed E-state index contributed by atoms with van der Waals surface area (Å²) >= 11 is 0. The zero-order valence-electron chi connectivity index (χ0n) is 8.47. The Morgan fingerprint density at radius 1 is 1.44 bits per heavy atom. The zero-order chi connectivity index (χ0) is 12.3. The van der Waals surface area contributed by atoms with Gasteiger partial charge in [-0.05, 0) is 24.1 Å². The normalized spacial score (nSPS) is 11.4. The molecule has 0 atom stereocenters. The summed E-state index contributed by atoms with van der Waals surface area (Å²) in [6.07, 6.45) is 0.413. The van der Waals surface area contributed by atoms with E-state index in [4.69, 9.17) is 10.3 Å². The first-order valence-electron chi connectivity index (χ1n) is 4.44. The lowest BCUT2D eigenvalue weighted by Crippen LogP contribution is -2.21. The van der Waals surface area contributed by atoms with Gasteiger partial charge in [-0.2, -0.15) is 0 Å². The Hall–Kier alpha value is -1.44. The van der Waals surface area contributed by atoms with Gasteiger partial charge in [0.05, 0.1) is 10.5 Å². The quantitative estimate of drug-likeness (QED) is 0.674. The van der Waals surface area contributed by atoms with Crippen LogP contribution in [0.3, 0.4) is 0 Å². The topological polar surface area (TPSA) is 104 Å². The van der Waals surface area contributed by atoms with E-state index in [9.17, 15) is 13.2 Å². The maximum Gasteiger partial charge on any atom is 0.335 e. The molecule has 0 aliphatic carbocycles. The molecule has 0 aromatic heterocycles. The van der Waals surface area contributed by atoms with Crippen LogP contribution in [0.15, 0.2) is 23.1 Å². The predicted molar refractivity (Wildman–Crippen MR) is 54.9 cm³/mol. The fraction of sp³-hybridized carbons (Fsp3) is 0.222. The van der Waals surface area contributed by atoms with Crippen LogP contribution in [0.1, 0.15) is 22.8 Å². The van der Waals surface area contributed by atoms with Gasteiger partial charge in [-0.1, -0.05) is 17.9 Å². The molecule has 0 bridgehead atoms. The third kappa shape index (κ3) is 2.38. The fourth-order valence-electron chi connectivity index (χ4n) is 1.28. The number of sulfonamides is 1. The number of nitrogens with one attached hydrogen (secondary N) is 1. The van der Waals surface area contributed by atoms with Crippen molar-refractivity contribution in [1.82, 2.24) is 4.89 Å². The van der Waals surface area contributed by atoms with E-state index in [0.29, 0.717) is 12.0 Å². The van der Waals surface area contributed by atoms with Gasteiger partial charge in [0.25, 0.3) is 10.0 Å². The van der Waals surface area contributed by atoms with E-state index >= 15 is 0 Å². The molecule has 0 amide bonds. The Morgan fingerprint density at radius 3 is 2.50 bits per heavy atom. The summed E-state index contributed by atoms with van der Waals surface area (Å²) < 4.78 is 22.8. The summed E-state index contributed by atoms with van der Waals surface area (Å²) in [7, 11) is -4.05. The molecular weight excluding hydrogens is 234 g/mol. The molecule has 7 heteroatoms. The van der Waals surface area contributed by atoms with E-state index in [-0.39, 0.29) is 10.5 Å². The van der Waals surface area contributed by atoms with E-state index in [1.807, 2.05) is 0 Å². The molecule has 6 nitrogen and oxygen atoms in total. The molecule has 0 aliphatic rings. The highest BCUT2D eigenvalue weighted by atomic mass is 32.2. The summed E-state index contributed by atoms with van der Waals surface area (Å²) in [5.74, 6) is -1.22. The SMILES string of the molecule is CCc1ccc(C(=O)O)cc1S(=O)(=O)NO. The van der Waals surface area contributed by atoms with Crippen LogP contribution >= 0.6 is 0 Å². The van der Waals surface area contributed by atoms with Crippen LogP contribution in [0, 0.1) is 0 Å². The van der Waals surface area contributed by atoms with Gasteiger partial charge < -0.3 is 10.3 Å². The molecular formula is C9H11NO5S. The molecule has 0 heterocycles. The first-order chi connectivity index (χ1) is 7.42. The van der Waals surface area contributed by atoms with E-state index in [1.54, 1.807) is 6.92 Å². The number of carbonyl (C=O) groups is 1. The van der Waals surface area contributed by atoms with Crippen LogP contribution in [-0.4, -0.2) is 24.7 Å². The van der Waals surface area contributed by atoms with Crippen molar-refractivity contribution < 1.29 is 23.5 Å². The van der Waals surface area contributed by atoms with Crippen molar-refractivity contribution in [2.75, 3.05) is 0 Å². The standard InChI is InChI=1S/C9H11NO5S/c1-2-6-3-4-7(9(11)12)5-8(6)16(14,15)10-13/h3-5,10,13H,2H2,1H3,(H,11,12). The van der Waals surface area contributed by atoms with Gasteiger partial charge >= 0.3 is 5.97 Å². The summed E-state index contributed by atoms with van der Waals surface area (Å²) in [6, 6.07) is 3.74. The highest BCUT2D eigenvalue weighted by molar-refractivity contribution is 7.89. The lowest BCUT2D eigenvalue weighted by molar-refractivity contribution is 0.0696. The third-order valence-electron chi connectivity index (χ3n) is 2.10. The molecule has 0 aliphatic heterocycles. The Morgan fingerprint density at radius 2 is 2.06 bits per heavy atom. The second kappa shape index (κ2) is 4.60. The van der Waals surface area contributed by atoms with Crippen molar-refractivity contribution in [2.24, 2.45) is 0 Å². The predicted octanol–water partition coefficient (Wildman–Crippen LogP) is 0.615. The third-order valence-corrected chi connectivity index (χ3v) is 3.30. The van der Waals surface area contributed by atoms with Crippen molar-refractivity contribution in [2.45, 2.75) is 18.2 Å². The van der Waals surface area contributed by atoms with Gasteiger partial charge in [-0.3, -0.25) is 0 Å². The van der Waals surface area contributed by atoms with Gasteiger partial charge in [-0.25, -0.2) is 13.2 Å². The maximum atomic E-state index is 11.4. The zero-order valence-corrected chi connectivity index (χ0v) is 9.28. The monoisotopic (exact) mass is 245 g/mol. The van der Waals surface area contributed by atoms with Gasteiger partial charge in [0.15, 0.2) is 0 Å². The van der Waals surface area contributed by atoms with Gasteiger partial charge in [0.2, 0.25) is 0 Å². The lowest BCUT2D eigenvalue weighted by Gasteiger charge is -2.08. The van der Waals surface area contributed by atoms with Crippen LogP contribution in [0.25, 0.3) is 0 Å². The van der Waals surface area contributed by atoms with Crippen molar-refractivity contribution in [3.05, 3.63) is 29.3 Å². The van der Waals surface area contributed by atoms with Gasteiger partial charge in [0, 0.05) is 0 Å². The molecule has 3 N–H and O–H groups in total. The summed E-state index contributed by atoms with van der Waals surface area (Å²) in [5.41, 5.74) is 0.289. The van der Waals surface area contributed by atoms with Crippen molar-refractivity contribution in [1.29, 1.82) is 0 Å². The molecule has 0 saturated heterocycles. The smallest absolute Gasteiger partial charge is 0.335 e. The van der Waals surface area contributed by atoms with Crippen molar-refractivity contribution in [3.63, 3.8) is 0 Å².